The number of rotatable bonds is 9. The van der Waals surface area contributed by atoms with E-state index in [1.165, 1.54) is 6.42 Å². The lowest BCUT2D eigenvalue weighted by Gasteiger charge is -2.28. The van der Waals surface area contributed by atoms with Gasteiger partial charge in [0.15, 0.2) is 0 Å². The molecule has 3 amide bonds. The van der Waals surface area contributed by atoms with Crippen molar-refractivity contribution in [2.24, 2.45) is 5.92 Å². The number of aromatic amines is 2. The zero-order chi connectivity index (χ0) is 36.1. The summed E-state index contributed by atoms with van der Waals surface area (Å²) in [7, 11) is 0. The fourth-order valence-corrected chi connectivity index (χ4v) is 8.56. The smallest absolute Gasteiger partial charge is 0.405 e. The van der Waals surface area contributed by atoms with Crippen LogP contribution in [0.15, 0.2) is 91.3 Å². The molecule has 9 rings (SSSR count). The second-order valence-electron chi connectivity index (χ2n) is 14.7. The average molecular weight is 711 g/mol. The molecule has 6 atom stereocenters. The van der Waals surface area contributed by atoms with Gasteiger partial charge in [0, 0.05) is 19.1 Å². The number of piperidine rings is 1. The van der Waals surface area contributed by atoms with Crippen molar-refractivity contribution in [1.29, 1.82) is 0 Å². The number of amides is 3. The van der Waals surface area contributed by atoms with E-state index in [0.29, 0.717) is 29.9 Å². The highest BCUT2D eigenvalue weighted by Crippen LogP contribution is 2.42. The van der Waals surface area contributed by atoms with Gasteiger partial charge in [-0.25, -0.2) is 14.8 Å². The fourth-order valence-electron chi connectivity index (χ4n) is 8.56. The molecule has 0 spiro atoms. The summed E-state index contributed by atoms with van der Waals surface area (Å²) < 4.78 is 0. The van der Waals surface area contributed by atoms with E-state index < -0.39 is 12.1 Å². The zero-order valence-electron chi connectivity index (χ0n) is 29.2. The van der Waals surface area contributed by atoms with Crippen LogP contribution in [0.5, 0.6) is 0 Å². The van der Waals surface area contributed by atoms with Gasteiger partial charge >= 0.3 is 6.09 Å². The van der Waals surface area contributed by atoms with Crippen LogP contribution in [0.1, 0.15) is 73.9 Å². The van der Waals surface area contributed by atoms with Gasteiger partial charge in [-0.3, -0.25) is 9.59 Å². The minimum atomic E-state index is -1.25. The molecule has 12 nitrogen and oxygen atoms in total. The number of hydrogen-bond acceptors (Lipinski definition) is 6. The molecular weight excluding hydrogens is 669 g/mol. The van der Waals surface area contributed by atoms with Gasteiger partial charge in [-0.1, -0.05) is 78.9 Å². The van der Waals surface area contributed by atoms with Gasteiger partial charge in [-0.2, -0.15) is 0 Å². The van der Waals surface area contributed by atoms with Crippen molar-refractivity contribution in [3.63, 3.8) is 0 Å². The van der Waals surface area contributed by atoms with Crippen molar-refractivity contribution in [3.05, 3.63) is 108 Å². The first-order chi connectivity index (χ1) is 25.9. The second-order valence-corrected chi connectivity index (χ2v) is 14.7. The van der Waals surface area contributed by atoms with Crippen LogP contribution >= 0.6 is 0 Å². The molecule has 4 fully saturated rings. The third kappa shape index (κ3) is 6.48. The van der Waals surface area contributed by atoms with Gasteiger partial charge in [0.2, 0.25) is 5.91 Å². The molecule has 4 aliphatic rings. The molecule has 3 aliphatic heterocycles. The Morgan fingerprint density at radius 3 is 1.81 bits per heavy atom. The van der Waals surface area contributed by atoms with E-state index in [9.17, 15) is 19.5 Å². The number of nitrogens with one attached hydrogen (secondary N) is 4. The number of carboxylic acid groups (broad SMARTS) is 1. The Hall–Kier alpha value is -5.75. The van der Waals surface area contributed by atoms with E-state index in [4.69, 9.17) is 4.98 Å². The Balaban J connectivity index is 0.856. The van der Waals surface area contributed by atoms with Crippen LogP contribution in [0, 0.1) is 5.92 Å². The first kappa shape index (κ1) is 33.1. The predicted octanol–water partition coefficient (Wildman–Crippen LogP) is 6.22. The van der Waals surface area contributed by atoms with Crippen molar-refractivity contribution >= 4 is 17.9 Å². The minimum absolute atomic E-state index is 0.00794. The average Bonchev–Trinajstić information content (AvgIpc) is 3.90. The monoisotopic (exact) mass is 710 g/mol. The Labute approximate surface area is 307 Å². The van der Waals surface area contributed by atoms with Crippen molar-refractivity contribution in [2.75, 3.05) is 13.1 Å². The van der Waals surface area contributed by atoms with Gasteiger partial charge in [0.25, 0.3) is 5.91 Å². The topological polar surface area (TPSA) is 159 Å². The summed E-state index contributed by atoms with van der Waals surface area (Å²) in [6.07, 6.45) is 8.04. The number of likely N-dealkylation sites (tertiary alicyclic amines) is 2. The Morgan fingerprint density at radius 2 is 1.26 bits per heavy atom. The number of carbonyl (C=O) groups excluding carboxylic acids is 2. The van der Waals surface area contributed by atoms with Crippen LogP contribution in [0.4, 0.5) is 4.79 Å². The number of nitrogens with zero attached hydrogens (tertiary/aromatic N) is 4. The van der Waals surface area contributed by atoms with Crippen LogP contribution in [0.2, 0.25) is 0 Å². The Kier molecular flexibility index (Phi) is 8.54. The maximum atomic E-state index is 13.7. The van der Waals surface area contributed by atoms with Crippen LogP contribution < -0.4 is 10.6 Å². The Morgan fingerprint density at radius 1 is 0.717 bits per heavy atom. The lowest BCUT2D eigenvalue weighted by atomic mass is 10.0. The van der Waals surface area contributed by atoms with Gasteiger partial charge in [-0.15, -0.1) is 0 Å². The molecule has 1 aliphatic carbocycles. The van der Waals surface area contributed by atoms with Gasteiger partial charge in [0.05, 0.1) is 41.9 Å². The normalized spacial score (nSPS) is 23.9. The quantitative estimate of drug-likeness (QED) is 0.121. The van der Waals surface area contributed by atoms with E-state index >= 15 is 0 Å². The summed E-state index contributed by atoms with van der Waals surface area (Å²) >= 11 is 0. The van der Waals surface area contributed by atoms with Crippen molar-refractivity contribution in [1.82, 2.24) is 40.4 Å². The van der Waals surface area contributed by atoms with E-state index in [2.05, 4.69) is 74.1 Å². The number of imidazole rings is 2. The Bertz CT molecular complexity index is 2120. The molecule has 3 saturated heterocycles. The van der Waals surface area contributed by atoms with Crippen LogP contribution in [0.3, 0.4) is 0 Å². The lowest BCUT2D eigenvalue weighted by molar-refractivity contribution is -0.135. The first-order valence-corrected chi connectivity index (χ1v) is 18.6. The van der Waals surface area contributed by atoms with Gasteiger partial charge < -0.3 is 35.5 Å². The molecule has 5 N–H and O–H groups in total. The van der Waals surface area contributed by atoms with E-state index in [0.717, 1.165) is 78.1 Å². The van der Waals surface area contributed by atoms with Crippen LogP contribution in [-0.4, -0.2) is 77.9 Å². The molecule has 53 heavy (non-hydrogen) atoms. The highest BCUT2D eigenvalue weighted by molar-refractivity contribution is 5.87. The number of fused-ring (bicyclic) bond motifs is 1. The van der Waals surface area contributed by atoms with Gasteiger partial charge in [0.1, 0.15) is 17.7 Å². The summed E-state index contributed by atoms with van der Waals surface area (Å²) in [5.41, 5.74) is 6.56. The zero-order valence-corrected chi connectivity index (χ0v) is 29.2. The van der Waals surface area contributed by atoms with E-state index in [1.807, 2.05) is 17.2 Å². The van der Waals surface area contributed by atoms with Gasteiger partial charge in [-0.05, 0) is 72.3 Å². The summed E-state index contributed by atoms with van der Waals surface area (Å²) in [5.74, 6) is 2.16. The number of hydrogen-bond donors (Lipinski definition) is 5. The van der Waals surface area contributed by atoms with Crippen molar-refractivity contribution < 1.29 is 19.5 Å². The SMILES string of the molecule is O=C(O)N[C@@H](C(=O)N1CCC[C@H]1c1ncc(-c2ccc(-c3ccc(-c4cnc([C@@H]5CCCN5C(=O)[C@@H]5C[C@H]6C[C@@H]6N5)[nH]4)cc3)cc2)[nH]1)c1ccccc1. The van der Waals surface area contributed by atoms with Crippen LogP contribution in [0.25, 0.3) is 33.6 Å². The number of H-pyrrole nitrogens is 2. The van der Waals surface area contributed by atoms with Crippen LogP contribution in [-0.2, 0) is 9.59 Å². The predicted molar refractivity (Wildman–Crippen MR) is 198 cm³/mol. The standard InChI is InChI=1S/C41H42N8O4/c50-39(31-21-29-20-30(29)44-31)48-18-4-8-34(48)37-42-22-32(45-37)26-14-10-24(11-15-26)25-12-16-27(17-13-25)33-23-43-38(46-33)35-9-5-19-49(35)40(51)36(47-41(52)53)28-6-2-1-3-7-28/h1-3,6-7,10-17,22-23,29-31,34-36,44,47H,4-5,8-9,18-21H2,(H,42,45)(H,43,46)(H,52,53)/t29-,30+,31+,34+,35+,36-/m1/s1. The molecule has 2 aromatic heterocycles. The number of benzene rings is 3. The van der Waals surface area contributed by atoms with E-state index in [1.54, 1.807) is 35.4 Å². The molecule has 0 bridgehead atoms. The summed E-state index contributed by atoms with van der Waals surface area (Å²) in [6, 6.07) is 24.8. The third-order valence-electron chi connectivity index (χ3n) is 11.4. The van der Waals surface area contributed by atoms with Crippen molar-refractivity contribution in [2.45, 2.75) is 68.7 Å². The van der Waals surface area contributed by atoms with E-state index in [-0.39, 0.29) is 29.9 Å². The molecule has 1 saturated carbocycles. The lowest BCUT2D eigenvalue weighted by Crippen LogP contribution is -2.44. The summed E-state index contributed by atoms with van der Waals surface area (Å²) in [5, 5.41) is 15.4. The molecule has 0 unspecified atom stereocenters. The largest absolute Gasteiger partial charge is 0.465 e. The highest BCUT2D eigenvalue weighted by atomic mass is 16.4. The third-order valence-corrected chi connectivity index (χ3v) is 11.4. The molecule has 270 valence electrons. The number of aromatic nitrogens is 4. The molecule has 5 aromatic rings. The number of carbonyl (C=O) groups is 3. The fraction of sp³-hybridized carbons (Fsp3) is 0.341. The molecule has 5 heterocycles. The highest BCUT2D eigenvalue weighted by Gasteiger charge is 2.49. The maximum absolute atomic E-state index is 13.7. The second kappa shape index (κ2) is 13.7. The van der Waals surface area contributed by atoms with Crippen molar-refractivity contribution in [3.8, 4) is 33.6 Å². The summed E-state index contributed by atoms with van der Waals surface area (Å²) in [6.45, 7) is 1.31. The minimum Gasteiger partial charge on any atom is -0.465 e. The maximum Gasteiger partial charge on any atom is 0.405 e. The molecule has 0 radical (unpaired) electrons. The molecular formula is C41H42N8O4. The molecule has 12 heteroatoms. The summed E-state index contributed by atoms with van der Waals surface area (Å²) in [4.78, 5) is 58.7. The first-order valence-electron chi connectivity index (χ1n) is 18.6. The molecule has 3 aromatic carbocycles.